The molecule has 106 valence electrons. The molecule has 0 amide bonds. The maximum Gasteiger partial charge on any atom is 0.191 e. The van der Waals surface area contributed by atoms with Crippen molar-refractivity contribution in [1.29, 1.82) is 0 Å². The topological polar surface area (TPSA) is 54.9 Å². The zero-order valence-electron chi connectivity index (χ0n) is 11.9. The van der Waals surface area contributed by atoms with Gasteiger partial charge in [-0.2, -0.15) is 0 Å². The molecule has 0 heterocycles. The minimum Gasteiger partial charge on any atom is -0.492 e. The number of aliphatic imine (C=N–C) groups is 1. The van der Waals surface area contributed by atoms with E-state index in [4.69, 9.17) is 9.47 Å². The van der Waals surface area contributed by atoms with Crippen LogP contribution in [-0.4, -0.2) is 46.4 Å². The van der Waals surface area contributed by atoms with Crippen molar-refractivity contribution in [1.82, 2.24) is 10.6 Å². The lowest BCUT2D eigenvalue weighted by molar-refractivity contribution is 0.203. The Morgan fingerprint density at radius 2 is 1.95 bits per heavy atom. The lowest BCUT2D eigenvalue weighted by Gasteiger charge is -2.12. The zero-order chi connectivity index (χ0) is 13.9. The van der Waals surface area contributed by atoms with Crippen LogP contribution in [0.1, 0.15) is 5.56 Å². The first-order chi connectivity index (χ1) is 9.26. The molecular weight excluding hydrogens is 242 g/mol. The molecule has 0 radical (unpaired) electrons. The third kappa shape index (κ3) is 6.67. The summed E-state index contributed by atoms with van der Waals surface area (Å²) in [5.41, 5.74) is 1.20. The summed E-state index contributed by atoms with van der Waals surface area (Å²) in [4.78, 5) is 4.10. The summed E-state index contributed by atoms with van der Waals surface area (Å²) >= 11 is 0. The molecule has 0 unspecified atom stereocenters. The first-order valence-corrected chi connectivity index (χ1v) is 6.39. The Morgan fingerprint density at radius 3 is 2.58 bits per heavy atom. The maximum atomic E-state index is 5.64. The fraction of sp³-hybridized carbons (Fsp3) is 0.500. The molecule has 0 spiro atoms. The van der Waals surface area contributed by atoms with Crippen molar-refractivity contribution in [3.05, 3.63) is 29.8 Å². The highest BCUT2D eigenvalue weighted by Gasteiger charge is 1.97. The second-order valence-corrected chi connectivity index (χ2v) is 4.08. The van der Waals surface area contributed by atoms with Crippen LogP contribution in [0.5, 0.6) is 5.75 Å². The normalized spacial score (nSPS) is 11.2. The van der Waals surface area contributed by atoms with Gasteiger partial charge in [-0.15, -0.1) is 0 Å². The predicted molar refractivity (Wildman–Crippen MR) is 77.9 cm³/mol. The van der Waals surface area contributed by atoms with E-state index in [1.54, 1.807) is 14.2 Å². The molecule has 0 aliphatic carbocycles. The molecule has 19 heavy (non-hydrogen) atoms. The van der Waals surface area contributed by atoms with Gasteiger partial charge in [0, 0.05) is 20.7 Å². The van der Waals surface area contributed by atoms with Crippen LogP contribution in [0.2, 0.25) is 0 Å². The van der Waals surface area contributed by atoms with Crippen LogP contribution in [-0.2, 0) is 4.74 Å². The van der Waals surface area contributed by atoms with Gasteiger partial charge in [0.25, 0.3) is 0 Å². The molecule has 0 aliphatic rings. The molecule has 2 N–H and O–H groups in total. The molecule has 0 fully saturated rings. The molecule has 0 atom stereocenters. The fourth-order valence-electron chi connectivity index (χ4n) is 1.54. The standard InChI is InChI=1S/C14H23N3O2/c1-12-5-4-6-13(11-12)19-10-8-17-14(15-2)16-7-9-18-3/h4-6,11H,7-10H2,1-3H3,(H2,15,16,17). The molecule has 5 nitrogen and oxygen atoms in total. The number of hydrogen-bond acceptors (Lipinski definition) is 3. The largest absolute Gasteiger partial charge is 0.492 e. The number of ether oxygens (including phenoxy) is 2. The van der Waals surface area contributed by atoms with E-state index in [1.165, 1.54) is 5.56 Å². The second kappa shape index (κ2) is 9.22. The van der Waals surface area contributed by atoms with E-state index in [-0.39, 0.29) is 0 Å². The van der Waals surface area contributed by atoms with Gasteiger partial charge in [-0.3, -0.25) is 4.99 Å². The number of nitrogens with zero attached hydrogens (tertiary/aromatic N) is 1. The highest BCUT2D eigenvalue weighted by Crippen LogP contribution is 2.11. The quantitative estimate of drug-likeness (QED) is 0.442. The molecule has 0 saturated heterocycles. The van der Waals surface area contributed by atoms with E-state index in [2.05, 4.69) is 15.6 Å². The summed E-state index contributed by atoms with van der Waals surface area (Å²) in [6, 6.07) is 8.01. The van der Waals surface area contributed by atoms with E-state index in [0.717, 1.165) is 18.3 Å². The van der Waals surface area contributed by atoms with Crippen LogP contribution >= 0.6 is 0 Å². The van der Waals surface area contributed by atoms with Crippen LogP contribution in [0.4, 0.5) is 0 Å². The van der Waals surface area contributed by atoms with Gasteiger partial charge >= 0.3 is 0 Å². The summed E-state index contributed by atoms with van der Waals surface area (Å²) in [6.45, 7) is 4.72. The first kappa shape index (κ1) is 15.3. The van der Waals surface area contributed by atoms with Gasteiger partial charge in [0.05, 0.1) is 13.2 Å². The minimum absolute atomic E-state index is 0.592. The van der Waals surface area contributed by atoms with Crippen molar-refractivity contribution in [3.63, 3.8) is 0 Å². The summed E-state index contributed by atoms with van der Waals surface area (Å²) in [5.74, 6) is 1.65. The Labute approximate surface area is 115 Å². The molecule has 1 rings (SSSR count). The highest BCUT2D eigenvalue weighted by atomic mass is 16.5. The number of benzene rings is 1. The molecule has 0 aromatic heterocycles. The molecule has 0 saturated carbocycles. The molecule has 0 bridgehead atoms. The van der Waals surface area contributed by atoms with Crippen LogP contribution in [0, 0.1) is 6.92 Å². The maximum absolute atomic E-state index is 5.64. The summed E-state index contributed by atoms with van der Waals surface area (Å²) in [5, 5.41) is 6.31. The van der Waals surface area contributed by atoms with Crippen molar-refractivity contribution in [2.45, 2.75) is 6.92 Å². The Hall–Kier alpha value is -1.75. The van der Waals surface area contributed by atoms with Gasteiger partial charge in [0.2, 0.25) is 0 Å². The van der Waals surface area contributed by atoms with E-state index >= 15 is 0 Å². The zero-order valence-corrected chi connectivity index (χ0v) is 11.9. The van der Waals surface area contributed by atoms with Crippen LogP contribution < -0.4 is 15.4 Å². The molecular formula is C14H23N3O2. The predicted octanol–water partition coefficient (Wildman–Crippen LogP) is 1.19. The van der Waals surface area contributed by atoms with Crippen molar-refractivity contribution in [3.8, 4) is 5.75 Å². The monoisotopic (exact) mass is 265 g/mol. The Balaban J connectivity index is 2.18. The molecule has 1 aromatic carbocycles. The molecule has 0 aliphatic heterocycles. The van der Waals surface area contributed by atoms with E-state index in [9.17, 15) is 0 Å². The fourth-order valence-corrected chi connectivity index (χ4v) is 1.54. The van der Waals surface area contributed by atoms with Crippen LogP contribution in [0.15, 0.2) is 29.3 Å². The van der Waals surface area contributed by atoms with Gasteiger partial charge in [-0.1, -0.05) is 12.1 Å². The number of hydrogen-bond donors (Lipinski definition) is 2. The van der Waals surface area contributed by atoms with E-state index < -0.39 is 0 Å². The molecule has 1 aromatic rings. The van der Waals surface area contributed by atoms with E-state index in [1.807, 2.05) is 31.2 Å². The van der Waals surface area contributed by atoms with Gasteiger partial charge in [-0.25, -0.2) is 0 Å². The number of guanidine groups is 1. The summed E-state index contributed by atoms with van der Waals surface area (Å²) in [7, 11) is 3.41. The van der Waals surface area contributed by atoms with Gasteiger partial charge in [0.1, 0.15) is 12.4 Å². The third-order valence-corrected chi connectivity index (χ3v) is 2.48. The third-order valence-electron chi connectivity index (χ3n) is 2.48. The summed E-state index contributed by atoms with van der Waals surface area (Å²) in [6.07, 6.45) is 0. The Kier molecular flexibility index (Phi) is 7.43. The molecule has 5 heteroatoms. The highest BCUT2D eigenvalue weighted by molar-refractivity contribution is 5.79. The second-order valence-electron chi connectivity index (χ2n) is 4.08. The number of aryl methyl sites for hydroxylation is 1. The number of nitrogens with one attached hydrogen (secondary N) is 2. The average Bonchev–Trinajstić information content (AvgIpc) is 2.41. The van der Waals surface area contributed by atoms with E-state index in [0.29, 0.717) is 19.8 Å². The lowest BCUT2D eigenvalue weighted by Crippen LogP contribution is -2.40. The number of methoxy groups -OCH3 is 1. The Bertz CT molecular complexity index is 394. The van der Waals surface area contributed by atoms with Crippen LogP contribution in [0.3, 0.4) is 0 Å². The minimum atomic E-state index is 0.592. The van der Waals surface area contributed by atoms with Gasteiger partial charge in [0.15, 0.2) is 5.96 Å². The van der Waals surface area contributed by atoms with Gasteiger partial charge in [-0.05, 0) is 24.6 Å². The average molecular weight is 265 g/mol. The summed E-state index contributed by atoms with van der Waals surface area (Å²) < 4.78 is 10.6. The Morgan fingerprint density at radius 1 is 1.21 bits per heavy atom. The van der Waals surface area contributed by atoms with Gasteiger partial charge < -0.3 is 20.1 Å². The van der Waals surface area contributed by atoms with Crippen molar-refractivity contribution >= 4 is 5.96 Å². The van der Waals surface area contributed by atoms with Crippen molar-refractivity contribution in [2.24, 2.45) is 4.99 Å². The lowest BCUT2D eigenvalue weighted by atomic mass is 10.2. The smallest absolute Gasteiger partial charge is 0.191 e. The van der Waals surface area contributed by atoms with Crippen molar-refractivity contribution in [2.75, 3.05) is 40.5 Å². The van der Waals surface area contributed by atoms with Crippen molar-refractivity contribution < 1.29 is 9.47 Å². The number of rotatable bonds is 7. The SMILES string of the molecule is CN=C(NCCOC)NCCOc1cccc(C)c1. The first-order valence-electron chi connectivity index (χ1n) is 6.39. The van der Waals surface area contributed by atoms with Crippen LogP contribution in [0.25, 0.3) is 0 Å².